The van der Waals surface area contributed by atoms with Crippen molar-refractivity contribution in [2.75, 3.05) is 30.2 Å². The summed E-state index contributed by atoms with van der Waals surface area (Å²) in [6.07, 6.45) is 0.633. The topological polar surface area (TPSA) is 71.6 Å². The van der Waals surface area contributed by atoms with Gasteiger partial charge in [0.1, 0.15) is 11.5 Å². The molecule has 1 amide bonds. The van der Waals surface area contributed by atoms with E-state index in [9.17, 15) is 4.79 Å². The van der Waals surface area contributed by atoms with Crippen molar-refractivity contribution in [2.24, 2.45) is 0 Å². The smallest absolute Gasteiger partial charge is 0.237 e. The summed E-state index contributed by atoms with van der Waals surface area (Å²) < 4.78 is 10.6. The zero-order valence-corrected chi connectivity index (χ0v) is 22.4. The molecule has 6 nitrogen and oxygen atoms in total. The highest BCUT2D eigenvalue weighted by Gasteiger charge is 2.21. The normalized spacial score (nSPS) is 11.3. The quantitative estimate of drug-likeness (QED) is 0.204. The summed E-state index contributed by atoms with van der Waals surface area (Å²) in [6.45, 7) is 4.01. The van der Waals surface area contributed by atoms with Gasteiger partial charge in [-0.3, -0.25) is 4.79 Å². The van der Waals surface area contributed by atoms with Gasteiger partial charge in [-0.25, -0.2) is 0 Å². The first-order chi connectivity index (χ1) is 16.8. The molecule has 184 valence electrons. The average molecular weight is 530 g/mol. The van der Waals surface area contributed by atoms with Crippen molar-refractivity contribution in [1.29, 1.82) is 0 Å². The van der Waals surface area contributed by atoms with E-state index in [1.54, 1.807) is 12.1 Å². The molecule has 0 saturated carbocycles. The summed E-state index contributed by atoms with van der Waals surface area (Å²) in [6, 6.07) is 19.1. The van der Waals surface area contributed by atoms with Crippen LogP contribution in [-0.4, -0.2) is 30.5 Å². The highest BCUT2D eigenvalue weighted by Crippen LogP contribution is 2.37. The number of hydrogen-bond donors (Lipinski definition) is 3. The predicted molar refractivity (Wildman–Crippen MR) is 151 cm³/mol. The minimum absolute atomic E-state index is 0.146. The van der Waals surface area contributed by atoms with Gasteiger partial charge < -0.3 is 25.4 Å². The lowest BCUT2D eigenvalue weighted by atomic mass is 10.2. The zero-order valence-electron chi connectivity index (χ0n) is 20.0. The van der Waals surface area contributed by atoms with Crippen LogP contribution in [0.15, 0.2) is 65.6 Å². The van der Waals surface area contributed by atoms with E-state index in [2.05, 4.69) is 16.0 Å². The lowest BCUT2D eigenvalue weighted by molar-refractivity contribution is -0.115. The molecule has 0 saturated heterocycles. The van der Waals surface area contributed by atoms with Crippen LogP contribution >= 0.6 is 35.6 Å². The van der Waals surface area contributed by atoms with Gasteiger partial charge in [-0.15, -0.1) is 11.8 Å². The Labute approximate surface area is 220 Å². The number of hydrogen-bond acceptors (Lipinski definition) is 5. The molecule has 0 aliphatic carbocycles. The van der Waals surface area contributed by atoms with Gasteiger partial charge in [-0.1, -0.05) is 42.3 Å². The SMILES string of the molecule is CCC(Sc1cccc(NC(=S)Nc2ccc(C)cc2)c1)C(=O)Nc1cc(Cl)c(OC)cc1OC. The maximum atomic E-state index is 13.1. The van der Waals surface area contributed by atoms with E-state index in [1.807, 2.05) is 62.4 Å². The Balaban J connectivity index is 1.66. The van der Waals surface area contributed by atoms with Crippen molar-refractivity contribution < 1.29 is 14.3 Å². The molecule has 3 aromatic rings. The van der Waals surface area contributed by atoms with Crippen molar-refractivity contribution >= 4 is 63.7 Å². The van der Waals surface area contributed by atoms with E-state index in [4.69, 9.17) is 33.3 Å². The van der Waals surface area contributed by atoms with Crippen LogP contribution < -0.4 is 25.4 Å². The molecular formula is C26H28ClN3O3S2. The second-order valence-electron chi connectivity index (χ2n) is 7.66. The number of aryl methyl sites for hydroxylation is 1. The molecule has 0 heterocycles. The first kappa shape index (κ1) is 26.7. The van der Waals surface area contributed by atoms with Gasteiger partial charge in [-0.05, 0) is 62.0 Å². The van der Waals surface area contributed by atoms with Crippen molar-refractivity contribution in [1.82, 2.24) is 0 Å². The third-order valence-electron chi connectivity index (χ3n) is 5.07. The third kappa shape index (κ3) is 7.52. The van der Waals surface area contributed by atoms with E-state index >= 15 is 0 Å². The molecule has 0 aliphatic heterocycles. The lowest BCUT2D eigenvalue weighted by Gasteiger charge is -2.18. The fourth-order valence-corrected chi connectivity index (χ4v) is 4.72. The average Bonchev–Trinajstić information content (AvgIpc) is 2.84. The number of nitrogens with one attached hydrogen (secondary N) is 3. The van der Waals surface area contributed by atoms with Crippen LogP contribution in [-0.2, 0) is 4.79 Å². The van der Waals surface area contributed by atoms with Gasteiger partial charge in [0.05, 0.1) is 30.2 Å². The maximum absolute atomic E-state index is 13.1. The number of halogens is 1. The van der Waals surface area contributed by atoms with Crippen LogP contribution in [0.4, 0.5) is 17.1 Å². The van der Waals surface area contributed by atoms with Gasteiger partial charge in [0.25, 0.3) is 0 Å². The van der Waals surface area contributed by atoms with Crippen molar-refractivity contribution in [3.63, 3.8) is 0 Å². The second kappa shape index (κ2) is 12.7. The summed E-state index contributed by atoms with van der Waals surface area (Å²) in [4.78, 5) is 14.0. The monoisotopic (exact) mass is 529 g/mol. The molecule has 1 unspecified atom stereocenters. The van der Waals surface area contributed by atoms with Crippen LogP contribution in [0.2, 0.25) is 5.02 Å². The van der Waals surface area contributed by atoms with Crippen molar-refractivity contribution in [3.05, 3.63) is 71.2 Å². The molecular weight excluding hydrogens is 502 g/mol. The van der Waals surface area contributed by atoms with E-state index < -0.39 is 0 Å². The van der Waals surface area contributed by atoms with E-state index in [0.717, 1.165) is 16.3 Å². The zero-order chi connectivity index (χ0) is 25.4. The fourth-order valence-electron chi connectivity index (χ4n) is 3.23. The third-order valence-corrected chi connectivity index (χ3v) is 6.93. The van der Waals surface area contributed by atoms with Crippen molar-refractivity contribution in [2.45, 2.75) is 30.4 Å². The maximum Gasteiger partial charge on any atom is 0.237 e. The van der Waals surface area contributed by atoms with Gasteiger partial charge in [-0.2, -0.15) is 0 Å². The molecule has 0 aromatic heterocycles. The van der Waals surface area contributed by atoms with E-state index in [0.29, 0.717) is 33.7 Å². The van der Waals surface area contributed by atoms with Gasteiger partial charge in [0.15, 0.2) is 5.11 Å². The number of methoxy groups -OCH3 is 2. The molecule has 3 aromatic carbocycles. The number of benzene rings is 3. The van der Waals surface area contributed by atoms with Crippen LogP contribution in [0.3, 0.4) is 0 Å². The molecule has 0 spiro atoms. The Morgan fingerprint density at radius 2 is 1.66 bits per heavy atom. The highest BCUT2D eigenvalue weighted by atomic mass is 35.5. The number of anilines is 3. The molecule has 3 rings (SSSR count). The highest BCUT2D eigenvalue weighted by molar-refractivity contribution is 8.00. The molecule has 0 aliphatic rings. The number of carbonyl (C=O) groups is 1. The Kier molecular flexibility index (Phi) is 9.65. The Morgan fingerprint density at radius 3 is 2.31 bits per heavy atom. The standard InChI is InChI=1S/C26H28ClN3O3S2/c1-5-24(25(31)30-21-14-20(27)22(32-3)15-23(21)33-4)35-19-8-6-7-18(13-19)29-26(34)28-17-11-9-16(2)10-12-17/h6-15,24H,5H2,1-4H3,(H,30,31)(H2,28,29,34). The van der Waals surface area contributed by atoms with Gasteiger partial charge in [0, 0.05) is 22.3 Å². The van der Waals surface area contributed by atoms with E-state index in [-0.39, 0.29) is 11.2 Å². The Hall–Kier alpha value is -2.94. The number of carbonyl (C=O) groups excluding carboxylic acids is 1. The predicted octanol–water partition coefficient (Wildman–Crippen LogP) is 6.98. The minimum Gasteiger partial charge on any atom is -0.495 e. The van der Waals surface area contributed by atoms with Crippen molar-refractivity contribution in [3.8, 4) is 11.5 Å². The Bertz CT molecular complexity index is 1190. The molecule has 0 bridgehead atoms. The van der Waals surface area contributed by atoms with Crippen LogP contribution in [0.25, 0.3) is 0 Å². The molecule has 0 fully saturated rings. The number of rotatable bonds is 9. The minimum atomic E-state index is -0.325. The summed E-state index contributed by atoms with van der Waals surface area (Å²) in [5, 5.41) is 9.86. The molecule has 3 N–H and O–H groups in total. The van der Waals surface area contributed by atoms with Gasteiger partial charge >= 0.3 is 0 Å². The number of thiocarbonyl (C=S) groups is 1. The van der Waals surface area contributed by atoms with Crippen LogP contribution in [0, 0.1) is 6.92 Å². The number of ether oxygens (including phenoxy) is 2. The molecule has 0 radical (unpaired) electrons. The second-order valence-corrected chi connectivity index (χ2v) is 9.76. The number of thioether (sulfide) groups is 1. The van der Waals surface area contributed by atoms with E-state index in [1.165, 1.54) is 31.5 Å². The summed E-state index contributed by atoms with van der Waals surface area (Å²) in [5.41, 5.74) is 3.42. The first-order valence-electron chi connectivity index (χ1n) is 11.0. The van der Waals surface area contributed by atoms with Crippen LogP contribution in [0.1, 0.15) is 18.9 Å². The first-order valence-corrected chi connectivity index (χ1v) is 12.6. The summed E-state index contributed by atoms with van der Waals surface area (Å²) in [7, 11) is 3.05. The largest absolute Gasteiger partial charge is 0.495 e. The fraction of sp³-hybridized carbons (Fsp3) is 0.231. The summed E-state index contributed by atoms with van der Waals surface area (Å²) >= 11 is 13.2. The Morgan fingerprint density at radius 1 is 0.971 bits per heavy atom. The molecule has 1 atom stereocenters. The molecule has 35 heavy (non-hydrogen) atoms. The number of amides is 1. The lowest BCUT2D eigenvalue weighted by Crippen LogP contribution is -2.25. The summed E-state index contributed by atoms with van der Waals surface area (Å²) in [5.74, 6) is 0.800. The van der Waals surface area contributed by atoms with Crippen LogP contribution in [0.5, 0.6) is 11.5 Å². The van der Waals surface area contributed by atoms with Gasteiger partial charge in [0.2, 0.25) is 5.91 Å². The molecule has 9 heteroatoms.